The SMILES string of the molecule is COc1ccc(-c2cc(CN3C(=O)N(c4ccc(C(C)(C)C)cc4)C(=O)C3(C)C)ccn2)cc1. The molecule has 4 rings (SSSR count). The van der Waals surface area contributed by atoms with E-state index in [1.807, 2.05) is 60.7 Å². The van der Waals surface area contributed by atoms with Crippen molar-refractivity contribution < 1.29 is 14.3 Å². The number of methoxy groups -OCH3 is 1. The lowest BCUT2D eigenvalue weighted by Gasteiger charge is -2.27. The summed E-state index contributed by atoms with van der Waals surface area (Å²) >= 11 is 0. The molecule has 1 saturated heterocycles. The summed E-state index contributed by atoms with van der Waals surface area (Å²) in [5.41, 5.74) is 3.41. The van der Waals surface area contributed by atoms with Crippen LogP contribution in [0.15, 0.2) is 66.9 Å². The molecule has 3 aromatic rings. The second-order valence-corrected chi connectivity index (χ2v) is 10.1. The molecule has 0 saturated carbocycles. The standard InChI is InChI=1S/C28H31N3O3/c1-27(2,3)21-9-11-22(12-10-21)31-25(32)28(4,5)30(26(31)33)18-19-15-16-29-24(17-19)20-7-13-23(34-6)14-8-20/h7-17H,18H2,1-6H3. The second kappa shape index (κ2) is 8.60. The van der Waals surface area contributed by atoms with Crippen molar-refractivity contribution in [1.82, 2.24) is 9.88 Å². The third kappa shape index (κ3) is 4.28. The number of carbonyl (C=O) groups is 2. The molecule has 176 valence electrons. The van der Waals surface area contributed by atoms with E-state index in [2.05, 4.69) is 25.8 Å². The Morgan fingerprint density at radius 3 is 2.18 bits per heavy atom. The maximum absolute atomic E-state index is 13.4. The van der Waals surface area contributed by atoms with Gasteiger partial charge in [-0.15, -0.1) is 0 Å². The topological polar surface area (TPSA) is 62.7 Å². The average molecular weight is 458 g/mol. The molecule has 6 heteroatoms. The Hall–Kier alpha value is -3.67. The van der Waals surface area contributed by atoms with E-state index in [0.717, 1.165) is 28.1 Å². The molecule has 1 fully saturated rings. The second-order valence-electron chi connectivity index (χ2n) is 10.1. The zero-order valence-corrected chi connectivity index (χ0v) is 20.6. The number of urea groups is 1. The number of carbonyl (C=O) groups excluding carboxylic acids is 2. The fourth-order valence-corrected chi connectivity index (χ4v) is 4.11. The lowest BCUT2D eigenvalue weighted by atomic mass is 9.87. The van der Waals surface area contributed by atoms with Crippen LogP contribution in [0.25, 0.3) is 11.3 Å². The number of ether oxygens (including phenoxy) is 1. The van der Waals surface area contributed by atoms with Crippen LogP contribution in [-0.2, 0) is 16.8 Å². The monoisotopic (exact) mass is 457 g/mol. The number of pyridine rings is 1. The first-order valence-electron chi connectivity index (χ1n) is 11.4. The van der Waals surface area contributed by atoms with Gasteiger partial charge in [0.15, 0.2) is 0 Å². The van der Waals surface area contributed by atoms with Crippen molar-refractivity contribution in [2.75, 3.05) is 12.0 Å². The summed E-state index contributed by atoms with van der Waals surface area (Å²) in [6.07, 6.45) is 1.73. The Bertz CT molecular complexity index is 1210. The van der Waals surface area contributed by atoms with Crippen LogP contribution in [0.3, 0.4) is 0 Å². The lowest BCUT2D eigenvalue weighted by Crippen LogP contribution is -2.43. The van der Waals surface area contributed by atoms with Gasteiger partial charge in [0, 0.05) is 18.3 Å². The van der Waals surface area contributed by atoms with Crippen LogP contribution in [0.5, 0.6) is 5.75 Å². The van der Waals surface area contributed by atoms with E-state index in [4.69, 9.17) is 4.74 Å². The molecule has 0 bridgehead atoms. The minimum absolute atomic E-state index is 0.00813. The molecule has 3 amide bonds. The maximum Gasteiger partial charge on any atom is 0.332 e. The zero-order valence-electron chi connectivity index (χ0n) is 20.6. The third-order valence-corrected chi connectivity index (χ3v) is 6.37. The van der Waals surface area contributed by atoms with Gasteiger partial charge in [-0.3, -0.25) is 9.78 Å². The largest absolute Gasteiger partial charge is 0.497 e. The molecule has 0 unspecified atom stereocenters. The molecule has 0 spiro atoms. The van der Waals surface area contributed by atoms with E-state index in [-0.39, 0.29) is 17.4 Å². The quantitative estimate of drug-likeness (QED) is 0.454. The number of hydrogen-bond acceptors (Lipinski definition) is 4. The van der Waals surface area contributed by atoms with Crippen molar-refractivity contribution in [3.63, 3.8) is 0 Å². The van der Waals surface area contributed by atoms with Crippen molar-refractivity contribution in [2.24, 2.45) is 0 Å². The van der Waals surface area contributed by atoms with Crippen LogP contribution < -0.4 is 9.64 Å². The molecule has 0 N–H and O–H groups in total. The summed E-state index contributed by atoms with van der Waals surface area (Å²) in [6.45, 7) is 10.3. The summed E-state index contributed by atoms with van der Waals surface area (Å²) in [5, 5.41) is 0. The number of amides is 3. The van der Waals surface area contributed by atoms with E-state index >= 15 is 0 Å². The van der Waals surface area contributed by atoms with Crippen molar-refractivity contribution in [1.29, 1.82) is 0 Å². The number of aromatic nitrogens is 1. The van der Waals surface area contributed by atoms with Gasteiger partial charge in [0.2, 0.25) is 0 Å². The molecule has 0 radical (unpaired) electrons. The van der Waals surface area contributed by atoms with E-state index in [0.29, 0.717) is 12.2 Å². The summed E-state index contributed by atoms with van der Waals surface area (Å²) in [6, 6.07) is 18.8. The summed E-state index contributed by atoms with van der Waals surface area (Å²) in [4.78, 5) is 34.1. The predicted octanol–water partition coefficient (Wildman–Crippen LogP) is 5.80. The fraction of sp³-hybridized carbons (Fsp3) is 0.321. The van der Waals surface area contributed by atoms with E-state index < -0.39 is 5.54 Å². The van der Waals surface area contributed by atoms with Crippen LogP contribution >= 0.6 is 0 Å². The number of hydrogen-bond donors (Lipinski definition) is 0. The first kappa shape index (κ1) is 23.5. The number of benzene rings is 2. The van der Waals surface area contributed by atoms with Crippen LogP contribution in [0.4, 0.5) is 10.5 Å². The number of anilines is 1. The van der Waals surface area contributed by atoms with Crippen LogP contribution in [0.2, 0.25) is 0 Å². The summed E-state index contributed by atoms with van der Waals surface area (Å²) in [7, 11) is 1.63. The smallest absolute Gasteiger partial charge is 0.332 e. The Labute approximate surface area is 201 Å². The first-order valence-corrected chi connectivity index (χ1v) is 11.4. The van der Waals surface area contributed by atoms with Crippen LogP contribution in [0.1, 0.15) is 45.7 Å². The summed E-state index contributed by atoms with van der Waals surface area (Å²) < 4.78 is 5.23. The predicted molar refractivity (Wildman–Crippen MR) is 134 cm³/mol. The van der Waals surface area contributed by atoms with E-state index in [9.17, 15) is 9.59 Å². The maximum atomic E-state index is 13.4. The van der Waals surface area contributed by atoms with Gasteiger partial charge < -0.3 is 9.64 Å². The molecule has 2 aromatic carbocycles. The highest BCUT2D eigenvalue weighted by molar-refractivity contribution is 6.22. The number of rotatable bonds is 5. The highest BCUT2D eigenvalue weighted by atomic mass is 16.5. The van der Waals surface area contributed by atoms with Gasteiger partial charge in [-0.25, -0.2) is 9.69 Å². The van der Waals surface area contributed by atoms with Crippen LogP contribution in [-0.4, -0.2) is 34.5 Å². The molecular formula is C28H31N3O3. The number of imide groups is 1. The number of nitrogens with zero attached hydrogens (tertiary/aromatic N) is 3. The molecule has 34 heavy (non-hydrogen) atoms. The van der Waals surface area contributed by atoms with Gasteiger partial charge in [-0.1, -0.05) is 32.9 Å². The van der Waals surface area contributed by atoms with Gasteiger partial charge in [-0.2, -0.15) is 0 Å². The first-order chi connectivity index (χ1) is 16.0. The highest BCUT2D eigenvalue weighted by Crippen LogP contribution is 2.34. The Morgan fingerprint density at radius 2 is 1.59 bits per heavy atom. The fourth-order valence-electron chi connectivity index (χ4n) is 4.11. The van der Waals surface area contributed by atoms with Crippen molar-refractivity contribution in [2.45, 2.75) is 52.1 Å². The minimum atomic E-state index is -0.969. The highest BCUT2D eigenvalue weighted by Gasteiger charge is 2.51. The van der Waals surface area contributed by atoms with Crippen molar-refractivity contribution in [3.8, 4) is 17.0 Å². The minimum Gasteiger partial charge on any atom is -0.497 e. The molecule has 1 aliphatic heterocycles. The van der Waals surface area contributed by atoms with Gasteiger partial charge in [0.1, 0.15) is 11.3 Å². The normalized spacial score (nSPS) is 15.7. The average Bonchev–Trinajstić information content (AvgIpc) is 2.98. The lowest BCUT2D eigenvalue weighted by molar-refractivity contribution is -0.123. The van der Waals surface area contributed by atoms with Gasteiger partial charge in [0.25, 0.3) is 5.91 Å². The Kier molecular flexibility index (Phi) is 5.94. The molecule has 2 heterocycles. The van der Waals surface area contributed by atoms with Crippen LogP contribution in [0, 0.1) is 0 Å². The van der Waals surface area contributed by atoms with Gasteiger partial charge in [-0.05, 0) is 78.9 Å². The molecule has 1 aliphatic rings. The molecule has 0 aliphatic carbocycles. The van der Waals surface area contributed by atoms with E-state index in [1.165, 1.54) is 4.90 Å². The molecule has 0 atom stereocenters. The third-order valence-electron chi connectivity index (χ3n) is 6.37. The Balaban J connectivity index is 1.60. The summed E-state index contributed by atoms with van der Waals surface area (Å²) in [5.74, 6) is 0.545. The molecule has 1 aromatic heterocycles. The van der Waals surface area contributed by atoms with Crippen molar-refractivity contribution in [3.05, 3.63) is 78.0 Å². The van der Waals surface area contributed by atoms with Crippen molar-refractivity contribution >= 4 is 17.6 Å². The molecule has 6 nitrogen and oxygen atoms in total. The molecular weight excluding hydrogens is 426 g/mol. The van der Waals surface area contributed by atoms with E-state index in [1.54, 1.807) is 32.1 Å². The Morgan fingerprint density at radius 1 is 0.941 bits per heavy atom. The zero-order chi connectivity index (χ0) is 24.7. The van der Waals surface area contributed by atoms with Gasteiger partial charge >= 0.3 is 6.03 Å². The van der Waals surface area contributed by atoms with Gasteiger partial charge in [0.05, 0.1) is 18.5 Å².